The summed E-state index contributed by atoms with van der Waals surface area (Å²) in [6, 6.07) is 0. The lowest BCUT2D eigenvalue weighted by molar-refractivity contribution is 0.0699. The maximum absolute atomic E-state index is 11.2. The van der Waals surface area contributed by atoms with Gasteiger partial charge in [0, 0.05) is 17.8 Å². The fourth-order valence-electron chi connectivity index (χ4n) is 1.49. The number of thiazole rings is 1. The second kappa shape index (κ2) is 4.45. The number of hydrogen-bond donors (Lipinski definition) is 1. The molecule has 0 unspecified atom stereocenters. The highest BCUT2D eigenvalue weighted by Crippen LogP contribution is 2.33. The van der Waals surface area contributed by atoms with Crippen LogP contribution in [-0.4, -0.2) is 26.0 Å². The minimum absolute atomic E-state index is 0.267. The van der Waals surface area contributed by atoms with Gasteiger partial charge in [-0.25, -0.2) is 9.78 Å². The molecule has 0 radical (unpaired) electrons. The summed E-state index contributed by atoms with van der Waals surface area (Å²) < 4.78 is 0. The maximum Gasteiger partial charge on any atom is 0.347 e. The van der Waals surface area contributed by atoms with Gasteiger partial charge in [0.2, 0.25) is 0 Å². The summed E-state index contributed by atoms with van der Waals surface area (Å²) in [5.41, 5.74) is 0.867. The van der Waals surface area contributed by atoms with Gasteiger partial charge in [-0.2, -0.15) is 0 Å². The van der Waals surface area contributed by atoms with Crippen LogP contribution in [0.1, 0.15) is 36.1 Å². The van der Waals surface area contributed by atoms with Crippen molar-refractivity contribution in [2.24, 2.45) is 0 Å². The Kier molecular flexibility index (Phi) is 3.13. The van der Waals surface area contributed by atoms with Crippen molar-refractivity contribution in [3.05, 3.63) is 29.2 Å². The molecule has 18 heavy (non-hydrogen) atoms. The van der Waals surface area contributed by atoms with E-state index in [4.69, 9.17) is 0 Å². The Bertz CT molecular complexity index is 573. The van der Waals surface area contributed by atoms with Crippen LogP contribution in [0.25, 0.3) is 10.7 Å². The normalized spacial score (nSPS) is 11.5. The van der Waals surface area contributed by atoms with Gasteiger partial charge in [0.1, 0.15) is 15.6 Å². The number of hydrogen-bond acceptors (Lipinski definition) is 5. The number of carboxylic acids is 1. The van der Waals surface area contributed by atoms with E-state index in [9.17, 15) is 9.90 Å². The second-order valence-corrected chi connectivity index (χ2v) is 5.84. The monoisotopic (exact) mass is 263 g/mol. The lowest BCUT2D eigenvalue weighted by Gasteiger charge is -2.15. The smallest absolute Gasteiger partial charge is 0.347 e. The number of aromatic carboxylic acids is 1. The van der Waals surface area contributed by atoms with Crippen LogP contribution in [0.5, 0.6) is 0 Å². The average molecular weight is 263 g/mol. The topological polar surface area (TPSA) is 76.0 Å². The third-order valence-corrected chi connectivity index (χ3v) is 3.38. The van der Waals surface area contributed by atoms with E-state index in [1.807, 2.05) is 20.8 Å². The van der Waals surface area contributed by atoms with Crippen LogP contribution >= 0.6 is 11.3 Å². The lowest BCUT2D eigenvalue weighted by atomic mass is 9.91. The van der Waals surface area contributed by atoms with Crippen molar-refractivity contribution in [1.29, 1.82) is 0 Å². The van der Waals surface area contributed by atoms with Gasteiger partial charge in [-0.05, 0) is 0 Å². The first kappa shape index (κ1) is 12.6. The quantitative estimate of drug-likeness (QED) is 0.901. The first-order valence-corrected chi connectivity index (χ1v) is 6.22. The highest BCUT2D eigenvalue weighted by molar-refractivity contribution is 7.17. The molecule has 0 aliphatic carbocycles. The Morgan fingerprint density at radius 3 is 2.50 bits per heavy atom. The van der Waals surface area contributed by atoms with Crippen LogP contribution in [0, 0.1) is 0 Å². The molecule has 0 bridgehead atoms. The predicted molar refractivity (Wildman–Crippen MR) is 68.8 cm³/mol. The largest absolute Gasteiger partial charge is 0.477 e. The van der Waals surface area contributed by atoms with Crippen LogP contribution in [0.3, 0.4) is 0 Å². The van der Waals surface area contributed by atoms with Gasteiger partial charge >= 0.3 is 5.97 Å². The molecule has 0 spiro atoms. The van der Waals surface area contributed by atoms with Crippen molar-refractivity contribution in [3.8, 4) is 10.7 Å². The van der Waals surface area contributed by atoms with Crippen LogP contribution in [0.4, 0.5) is 0 Å². The maximum atomic E-state index is 11.2. The summed E-state index contributed by atoms with van der Waals surface area (Å²) >= 11 is 1.13. The van der Waals surface area contributed by atoms with Gasteiger partial charge in [0.15, 0.2) is 0 Å². The molecular formula is C12H13N3O2S. The van der Waals surface area contributed by atoms with E-state index in [1.165, 1.54) is 0 Å². The Balaban J connectivity index is 2.57. The van der Waals surface area contributed by atoms with E-state index < -0.39 is 5.97 Å². The molecule has 94 valence electrons. The summed E-state index contributed by atoms with van der Waals surface area (Å²) in [6.07, 6.45) is 4.71. The van der Waals surface area contributed by atoms with Crippen molar-refractivity contribution in [2.75, 3.05) is 0 Å². The van der Waals surface area contributed by atoms with Crippen LogP contribution in [0.2, 0.25) is 0 Å². The van der Waals surface area contributed by atoms with Gasteiger partial charge in [0.05, 0.1) is 11.9 Å². The fourth-order valence-corrected chi connectivity index (χ4v) is 2.57. The van der Waals surface area contributed by atoms with E-state index in [0.717, 1.165) is 11.3 Å². The van der Waals surface area contributed by atoms with Crippen molar-refractivity contribution in [3.63, 3.8) is 0 Å². The standard InChI is InChI=1S/C12H13N3O2S/c1-12(2,3)9-8(11(16)17)18-10(15-9)7-6-13-4-5-14-7/h4-6H,1-3H3,(H,16,17). The van der Waals surface area contributed by atoms with E-state index in [-0.39, 0.29) is 10.3 Å². The highest BCUT2D eigenvalue weighted by atomic mass is 32.1. The molecule has 0 amide bonds. The van der Waals surface area contributed by atoms with E-state index in [2.05, 4.69) is 15.0 Å². The van der Waals surface area contributed by atoms with Gasteiger partial charge in [-0.15, -0.1) is 11.3 Å². The number of rotatable bonds is 2. The first-order valence-electron chi connectivity index (χ1n) is 5.40. The Morgan fingerprint density at radius 2 is 2.06 bits per heavy atom. The zero-order valence-corrected chi connectivity index (χ0v) is 11.2. The third-order valence-electron chi connectivity index (χ3n) is 2.31. The number of aromatic nitrogens is 3. The molecule has 0 aliphatic heterocycles. The molecule has 0 aliphatic rings. The molecule has 0 atom stereocenters. The minimum Gasteiger partial charge on any atom is -0.477 e. The molecule has 0 saturated heterocycles. The molecule has 2 aromatic heterocycles. The SMILES string of the molecule is CC(C)(C)c1nc(-c2cnccn2)sc1C(=O)O. The number of nitrogens with zero attached hydrogens (tertiary/aromatic N) is 3. The zero-order chi connectivity index (χ0) is 13.3. The van der Waals surface area contributed by atoms with Gasteiger partial charge in [0.25, 0.3) is 0 Å². The highest BCUT2D eigenvalue weighted by Gasteiger charge is 2.27. The van der Waals surface area contributed by atoms with Crippen molar-refractivity contribution < 1.29 is 9.90 Å². The molecule has 0 saturated carbocycles. The first-order chi connectivity index (χ1) is 8.39. The lowest BCUT2D eigenvalue weighted by Crippen LogP contribution is -2.16. The minimum atomic E-state index is -0.951. The molecule has 2 heterocycles. The van der Waals surface area contributed by atoms with Gasteiger partial charge in [-0.1, -0.05) is 20.8 Å². The van der Waals surface area contributed by atoms with Gasteiger partial charge in [-0.3, -0.25) is 9.97 Å². The van der Waals surface area contributed by atoms with Crippen LogP contribution in [-0.2, 0) is 5.41 Å². The molecule has 1 N–H and O–H groups in total. The van der Waals surface area contributed by atoms with Crippen molar-refractivity contribution in [1.82, 2.24) is 15.0 Å². The Morgan fingerprint density at radius 1 is 1.33 bits per heavy atom. The summed E-state index contributed by atoms with van der Waals surface area (Å²) in [6.45, 7) is 5.82. The Hall–Kier alpha value is -1.82. The molecule has 5 nitrogen and oxygen atoms in total. The predicted octanol–water partition coefficient (Wildman–Crippen LogP) is 2.60. The molecular weight excluding hydrogens is 250 g/mol. The molecule has 0 fully saturated rings. The summed E-state index contributed by atoms with van der Waals surface area (Å²) in [5.74, 6) is -0.951. The number of carboxylic acid groups (broad SMARTS) is 1. The van der Waals surface area contributed by atoms with Crippen LogP contribution in [0.15, 0.2) is 18.6 Å². The van der Waals surface area contributed by atoms with E-state index in [1.54, 1.807) is 18.6 Å². The summed E-state index contributed by atoms with van der Waals surface area (Å²) in [4.78, 5) is 24.0. The van der Waals surface area contributed by atoms with Crippen LogP contribution < -0.4 is 0 Å². The Labute approximate surface area is 109 Å². The molecule has 0 aromatic carbocycles. The fraction of sp³-hybridized carbons (Fsp3) is 0.333. The van der Waals surface area contributed by atoms with Gasteiger partial charge < -0.3 is 5.11 Å². The molecule has 2 rings (SSSR count). The molecule has 2 aromatic rings. The zero-order valence-electron chi connectivity index (χ0n) is 10.3. The third kappa shape index (κ3) is 2.38. The average Bonchev–Trinajstić information content (AvgIpc) is 2.74. The van der Waals surface area contributed by atoms with E-state index in [0.29, 0.717) is 16.4 Å². The molecule has 6 heteroatoms. The van der Waals surface area contributed by atoms with Crippen molar-refractivity contribution in [2.45, 2.75) is 26.2 Å². The van der Waals surface area contributed by atoms with E-state index >= 15 is 0 Å². The summed E-state index contributed by atoms with van der Waals surface area (Å²) in [5, 5.41) is 9.81. The number of carbonyl (C=O) groups is 1. The van der Waals surface area contributed by atoms with Crippen molar-refractivity contribution >= 4 is 17.3 Å². The summed E-state index contributed by atoms with van der Waals surface area (Å²) in [7, 11) is 0. The second-order valence-electron chi connectivity index (χ2n) is 4.84.